The molecular formula is C28H70O12Si9. The Balaban J connectivity index is 2.50. The van der Waals surface area contributed by atoms with Gasteiger partial charge < -0.3 is 50.4 Å². The Kier molecular flexibility index (Phi) is 16.0. The van der Waals surface area contributed by atoms with Crippen LogP contribution >= 0.6 is 0 Å². The normalized spacial score (nSPS) is 38.8. The molecule has 0 aliphatic carbocycles. The minimum Gasteiger partial charge on any atom is -0.437 e. The molecule has 0 aromatic rings. The zero-order valence-electron chi connectivity index (χ0n) is 33.0. The highest BCUT2D eigenvalue weighted by molar-refractivity contribution is 7.03. The van der Waals surface area contributed by atoms with E-state index in [4.69, 9.17) is 45.6 Å². The summed E-state index contributed by atoms with van der Waals surface area (Å²) < 4.78 is 80.2. The summed E-state index contributed by atoms with van der Waals surface area (Å²) in [6, 6.07) is 3.77. The first kappa shape index (κ1) is 44.9. The molecular weight excluding hydrogens is 781 g/mol. The van der Waals surface area contributed by atoms with E-state index in [0.717, 1.165) is 38.5 Å². The van der Waals surface area contributed by atoms with Crippen molar-refractivity contribution in [1.82, 2.24) is 0 Å². The molecule has 0 aromatic heterocycles. The van der Waals surface area contributed by atoms with Gasteiger partial charge in [-0.15, -0.1) is 0 Å². The lowest BCUT2D eigenvalue weighted by Crippen LogP contribution is -2.81. The van der Waals surface area contributed by atoms with E-state index in [1.165, 1.54) is 0 Å². The van der Waals surface area contributed by atoms with Crippen molar-refractivity contribution in [1.29, 1.82) is 0 Å². The first-order chi connectivity index (χ1) is 22.8. The Morgan fingerprint density at radius 2 is 0.918 bits per heavy atom. The van der Waals surface area contributed by atoms with E-state index in [2.05, 4.69) is 74.3 Å². The molecule has 12 nitrogen and oxygen atoms in total. The van der Waals surface area contributed by atoms with E-state index >= 15 is 0 Å². The van der Waals surface area contributed by atoms with Crippen molar-refractivity contribution in [2.45, 2.75) is 174 Å². The molecule has 0 aromatic carbocycles. The predicted molar refractivity (Wildman–Crippen MR) is 212 cm³/mol. The highest BCUT2D eigenvalue weighted by Gasteiger charge is 2.75. The first-order valence-electron chi connectivity index (χ1n) is 19.1. The Bertz CT molecular complexity index is 1070. The lowest BCUT2D eigenvalue weighted by atomic mass is 10.6. The van der Waals surface area contributed by atoms with E-state index in [1.807, 2.05) is 6.92 Å². The fourth-order valence-electron chi connectivity index (χ4n) is 7.58. The van der Waals surface area contributed by atoms with Crippen LogP contribution in [0.3, 0.4) is 0 Å². The average molecular weight is 852 g/mol. The summed E-state index contributed by atoms with van der Waals surface area (Å²) in [7, 11) is -28.7. The fraction of sp³-hybridized carbons (Fsp3) is 1.00. The van der Waals surface area contributed by atoms with Gasteiger partial charge in [0.05, 0.1) is 0 Å². The molecule has 3 aliphatic rings. The Morgan fingerprint density at radius 1 is 0.510 bits per heavy atom. The third-order valence-electron chi connectivity index (χ3n) is 8.47. The number of rotatable bonds is 19. The van der Waals surface area contributed by atoms with Gasteiger partial charge in [0.15, 0.2) is 8.32 Å². The van der Waals surface area contributed by atoms with Gasteiger partial charge in [0.1, 0.15) is 0 Å². The molecule has 0 amide bonds. The maximum absolute atomic E-state index is 12.7. The zero-order valence-corrected chi connectivity index (χ0v) is 42.0. The van der Waals surface area contributed by atoms with Crippen LogP contribution in [-0.4, -0.2) is 89.9 Å². The van der Waals surface area contributed by atoms with Gasteiger partial charge in [-0.25, -0.2) is 0 Å². The van der Waals surface area contributed by atoms with Crippen LogP contribution in [0.1, 0.15) is 93.4 Å². The van der Waals surface area contributed by atoms with Crippen LogP contribution in [0.5, 0.6) is 0 Å². The highest BCUT2D eigenvalue weighted by Crippen LogP contribution is 2.50. The van der Waals surface area contributed by atoms with Gasteiger partial charge in [0.2, 0.25) is 0 Å². The molecule has 7 atom stereocenters. The lowest BCUT2D eigenvalue weighted by Gasteiger charge is -2.59. The molecule has 3 saturated heterocycles. The summed E-state index contributed by atoms with van der Waals surface area (Å²) in [5, 5.41) is 0. The van der Waals surface area contributed by atoms with Crippen molar-refractivity contribution in [2.24, 2.45) is 0 Å². The zero-order chi connectivity index (χ0) is 36.9. The molecule has 3 rings (SSSR count). The van der Waals surface area contributed by atoms with Crippen molar-refractivity contribution in [3.05, 3.63) is 0 Å². The van der Waals surface area contributed by atoms with E-state index in [9.17, 15) is 4.80 Å². The van der Waals surface area contributed by atoms with Crippen LogP contribution in [0, 0.1) is 0 Å². The second-order valence-corrected chi connectivity index (χ2v) is 46.5. The average Bonchev–Trinajstić information content (AvgIpc) is 2.89. The summed E-state index contributed by atoms with van der Waals surface area (Å²) in [5.41, 5.74) is 0.520. The van der Waals surface area contributed by atoms with Crippen molar-refractivity contribution >= 4 is 78.0 Å². The largest absolute Gasteiger partial charge is 0.484 e. The molecule has 290 valence electrons. The van der Waals surface area contributed by atoms with Crippen molar-refractivity contribution < 1.29 is 50.4 Å². The minimum absolute atomic E-state index is 0.319. The molecule has 49 heavy (non-hydrogen) atoms. The quantitative estimate of drug-likeness (QED) is 0.126. The highest BCUT2D eigenvalue weighted by atomic mass is 28.6. The van der Waals surface area contributed by atoms with Gasteiger partial charge in [-0.3, -0.25) is 0 Å². The minimum atomic E-state index is -4.04. The van der Waals surface area contributed by atoms with Crippen molar-refractivity contribution in [3.8, 4) is 0 Å². The molecule has 5 unspecified atom stereocenters. The van der Waals surface area contributed by atoms with E-state index in [-0.39, 0.29) is 0 Å². The van der Waals surface area contributed by atoms with Crippen LogP contribution in [0.4, 0.5) is 0 Å². The number of hydrogen-bond acceptors (Lipinski definition) is 12. The predicted octanol–water partition coefficient (Wildman–Crippen LogP) is 8.36. The Labute approximate surface area is 308 Å². The summed E-state index contributed by atoms with van der Waals surface area (Å²) in [6.45, 7) is 25.5. The summed E-state index contributed by atoms with van der Waals surface area (Å²) in [6.07, 6.45) is 5.29. The number of fused-ring (bicyclic) bond motifs is 3. The Morgan fingerprint density at radius 3 is 1.35 bits per heavy atom. The van der Waals surface area contributed by atoms with Gasteiger partial charge in [-0.1, -0.05) is 93.4 Å². The third kappa shape index (κ3) is 11.5. The third-order valence-corrected chi connectivity index (χ3v) is 50.1. The lowest BCUT2D eigenvalue weighted by molar-refractivity contribution is 0.0491. The maximum atomic E-state index is 12.7. The van der Waals surface area contributed by atoms with Crippen molar-refractivity contribution in [3.63, 3.8) is 0 Å². The second-order valence-electron chi connectivity index (χ2n) is 15.4. The van der Waals surface area contributed by atoms with Gasteiger partial charge in [-0.2, -0.15) is 0 Å². The molecule has 3 heterocycles. The van der Waals surface area contributed by atoms with Crippen LogP contribution in [0.25, 0.3) is 0 Å². The summed E-state index contributed by atoms with van der Waals surface area (Å²) in [4.78, 5) is 12.7. The van der Waals surface area contributed by atoms with E-state index in [1.54, 1.807) is 7.11 Å². The van der Waals surface area contributed by atoms with Crippen molar-refractivity contribution in [2.75, 3.05) is 7.11 Å². The standard InChI is InChI=1S/C28H70O12Si9/c1-14-21-43-28-44(22-15-2)35-48(26-19-6,39-46(30-8,33-43)24-17-4)37-45(29,23-16-3)38-49(36-44,27-20-7)40-47(34-43,25-18-5)32-42(12,13)31-41(9,10)11/h29H,14-28H2,1-13H3/t43?,44-,45?,46-,47?,48?,49?/m0/s1. The van der Waals surface area contributed by atoms with E-state index in [0.29, 0.717) is 54.4 Å². The van der Waals surface area contributed by atoms with Gasteiger partial charge in [-0.05, 0) is 44.8 Å². The van der Waals surface area contributed by atoms with Crippen LogP contribution < -0.4 is 0 Å². The topological polar surface area (TPSA) is 122 Å². The summed E-state index contributed by atoms with van der Waals surface area (Å²) in [5.74, 6) is 0. The first-order valence-corrected chi connectivity index (χ1v) is 39.4. The molecule has 4 bridgehead atoms. The van der Waals surface area contributed by atoms with E-state index < -0.39 is 78.0 Å². The molecule has 0 spiro atoms. The molecule has 3 fully saturated rings. The Hall–Kier alpha value is 1.47. The van der Waals surface area contributed by atoms with Crippen LogP contribution in [0.2, 0.25) is 80.7 Å². The number of hydrogen-bond donors (Lipinski definition) is 1. The fourth-order valence-corrected chi connectivity index (χ4v) is 61.7. The smallest absolute Gasteiger partial charge is 0.437 e. The van der Waals surface area contributed by atoms with Crippen LogP contribution in [-0.2, 0) is 45.6 Å². The second kappa shape index (κ2) is 17.5. The SMILES string of the molecule is CCC[Si]1(O)O[Si]2(CCC)O[Si](CCC)(O[Si](C)(C)O[Si](C)(C)C)O[Si]3(CCC)C[Si@](CCC)(O2)O[Si](CCC)(O1)O[Si@@](CCC)(OC)O3. The van der Waals surface area contributed by atoms with Gasteiger partial charge >= 0.3 is 69.7 Å². The van der Waals surface area contributed by atoms with Crippen LogP contribution in [0.15, 0.2) is 0 Å². The molecule has 0 radical (unpaired) electrons. The molecule has 3 aliphatic heterocycles. The summed E-state index contributed by atoms with van der Waals surface area (Å²) >= 11 is 0. The monoisotopic (exact) mass is 850 g/mol. The molecule has 1 N–H and O–H groups in total. The van der Waals surface area contributed by atoms with Gasteiger partial charge in [0.25, 0.3) is 0 Å². The molecule has 0 saturated carbocycles. The van der Waals surface area contributed by atoms with Gasteiger partial charge in [0, 0.05) is 43.0 Å². The maximum Gasteiger partial charge on any atom is 0.484 e. The molecule has 21 heteroatoms.